The summed E-state index contributed by atoms with van der Waals surface area (Å²) >= 11 is 0. The smallest absolute Gasteiger partial charge is 0.347 e. The van der Waals surface area contributed by atoms with Gasteiger partial charge in [0.25, 0.3) is 0 Å². The Morgan fingerprint density at radius 3 is 2.94 bits per heavy atom. The Kier molecular flexibility index (Phi) is 3.32. The number of aliphatic hydroxyl groups excluding tert-OH is 2. The van der Waals surface area contributed by atoms with E-state index in [-0.39, 0.29) is 12.5 Å². The van der Waals surface area contributed by atoms with E-state index in [1.54, 1.807) is 0 Å². The SMILES string of the molecule is CC1CN(C2CC(O)C(CO)O2)C(=O)N=C1N. The highest BCUT2D eigenvalue weighted by Gasteiger charge is 2.40. The first-order chi connectivity index (χ1) is 8.02. The molecule has 4 unspecified atom stereocenters. The largest absolute Gasteiger partial charge is 0.394 e. The van der Waals surface area contributed by atoms with E-state index in [0.29, 0.717) is 18.8 Å². The van der Waals surface area contributed by atoms with Gasteiger partial charge in [-0.1, -0.05) is 6.92 Å². The Bertz CT molecular complexity index is 346. The van der Waals surface area contributed by atoms with Gasteiger partial charge in [0.1, 0.15) is 18.2 Å². The summed E-state index contributed by atoms with van der Waals surface area (Å²) < 4.78 is 5.41. The summed E-state index contributed by atoms with van der Waals surface area (Å²) in [6, 6.07) is -0.448. The highest BCUT2D eigenvalue weighted by atomic mass is 16.5. The molecule has 7 heteroatoms. The third-order valence-corrected chi connectivity index (χ3v) is 3.18. The Hall–Kier alpha value is -1.18. The van der Waals surface area contributed by atoms with E-state index in [4.69, 9.17) is 15.6 Å². The molecule has 7 nitrogen and oxygen atoms in total. The first-order valence-corrected chi connectivity index (χ1v) is 5.62. The molecule has 0 aromatic heterocycles. The number of urea groups is 1. The van der Waals surface area contributed by atoms with Gasteiger partial charge in [-0.3, -0.25) is 4.90 Å². The lowest BCUT2D eigenvalue weighted by molar-refractivity contribution is -0.0651. The minimum absolute atomic E-state index is 0.0263. The normalized spacial score (nSPS) is 38.4. The van der Waals surface area contributed by atoms with Crippen molar-refractivity contribution in [3.05, 3.63) is 0 Å². The molecule has 2 rings (SSSR count). The topological polar surface area (TPSA) is 108 Å². The maximum Gasteiger partial charge on any atom is 0.347 e. The van der Waals surface area contributed by atoms with Crippen molar-refractivity contribution in [1.82, 2.24) is 4.90 Å². The number of carbonyl (C=O) groups excluding carboxylic acids is 1. The van der Waals surface area contributed by atoms with Crippen LogP contribution in [0.2, 0.25) is 0 Å². The lowest BCUT2D eigenvalue weighted by Crippen LogP contribution is -2.48. The number of nitrogens with zero attached hydrogens (tertiary/aromatic N) is 2. The molecule has 17 heavy (non-hydrogen) atoms. The fourth-order valence-electron chi connectivity index (χ4n) is 2.06. The summed E-state index contributed by atoms with van der Waals surface area (Å²) in [6.45, 7) is 2.03. The van der Waals surface area contributed by atoms with Gasteiger partial charge in [-0.2, -0.15) is 4.99 Å². The molecule has 4 atom stereocenters. The van der Waals surface area contributed by atoms with E-state index >= 15 is 0 Å². The molecule has 0 aromatic carbocycles. The molecular formula is C10H17N3O4. The number of rotatable bonds is 2. The highest BCUT2D eigenvalue weighted by Crippen LogP contribution is 2.25. The maximum absolute atomic E-state index is 11.7. The van der Waals surface area contributed by atoms with Gasteiger partial charge in [0.05, 0.1) is 12.7 Å². The summed E-state index contributed by atoms with van der Waals surface area (Å²) in [5, 5.41) is 18.6. The van der Waals surface area contributed by atoms with Crippen LogP contribution in [0.3, 0.4) is 0 Å². The Morgan fingerprint density at radius 1 is 1.65 bits per heavy atom. The van der Waals surface area contributed by atoms with Crippen molar-refractivity contribution >= 4 is 11.9 Å². The Labute approximate surface area is 98.9 Å². The van der Waals surface area contributed by atoms with Crippen molar-refractivity contribution in [2.24, 2.45) is 16.6 Å². The summed E-state index contributed by atoms with van der Waals surface area (Å²) in [7, 11) is 0. The standard InChI is InChI=1S/C10H17N3O4/c1-5-3-13(10(16)12-9(5)11)8-2-6(15)7(4-14)17-8/h5-8,14-15H,2-4H2,1H3,(H2,11,12,16). The van der Waals surface area contributed by atoms with E-state index in [9.17, 15) is 9.90 Å². The van der Waals surface area contributed by atoms with Crippen molar-refractivity contribution in [1.29, 1.82) is 0 Å². The minimum Gasteiger partial charge on any atom is -0.394 e. The monoisotopic (exact) mass is 243 g/mol. The van der Waals surface area contributed by atoms with E-state index in [1.165, 1.54) is 4.90 Å². The van der Waals surface area contributed by atoms with Gasteiger partial charge in [-0.05, 0) is 0 Å². The number of aliphatic hydroxyl groups is 2. The van der Waals surface area contributed by atoms with E-state index in [1.807, 2.05) is 6.92 Å². The number of nitrogens with two attached hydrogens (primary N) is 1. The van der Waals surface area contributed by atoms with Crippen LogP contribution < -0.4 is 5.73 Å². The zero-order chi connectivity index (χ0) is 12.6. The van der Waals surface area contributed by atoms with E-state index in [0.717, 1.165) is 0 Å². The summed E-state index contributed by atoms with van der Waals surface area (Å²) in [6.07, 6.45) is -1.63. The van der Waals surface area contributed by atoms with Gasteiger partial charge in [0, 0.05) is 18.9 Å². The summed E-state index contributed by atoms with van der Waals surface area (Å²) in [4.78, 5) is 16.8. The second-order valence-corrected chi connectivity index (χ2v) is 4.49. The average molecular weight is 243 g/mol. The third kappa shape index (κ3) is 2.26. The van der Waals surface area contributed by atoms with Gasteiger partial charge in [-0.25, -0.2) is 4.79 Å². The van der Waals surface area contributed by atoms with Crippen molar-refractivity contribution in [3.8, 4) is 0 Å². The van der Waals surface area contributed by atoms with Crippen molar-refractivity contribution in [2.45, 2.75) is 31.8 Å². The third-order valence-electron chi connectivity index (χ3n) is 3.18. The average Bonchev–Trinajstić information content (AvgIpc) is 2.65. The van der Waals surface area contributed by atoms with Crippen LogP contribution in [0, 0.1) is 5.92 Å². The first-order valence-electron chi connectivity index (χ1n) is 5.62. The maximum atomic E-state index is 11.7. The molecule has 1 saturated heterocycles. The number of ether oxygens (including phenoxy) is 1. The lowest BCUT2D eigenvalue weighted by atomic mass is 10.1. The molecule has 0 aliphatic carbocycles. The fraction of sp³-hybridized carbons (Fsp3) is 0.800. The molecule has 96 valence electrons. The van der Waals surface area contributed by atoms with Crippen LogP contribution >= 0.6 is 0 Å². The van der Waals surface area contributed by atoms with Crippen molar-refractivity contribution in [3.63, 3.8) is 0 Å². The molecule has 2 aliphatic rings. The Balaban J connectivity index is 2.07. The Morgan fingerprint density at radius 2 is 2.35 bits per heavy atom. The molecular weight excluding hydrogens is 226 g/mol. The second kappa shape index (κ2) is 4.59. The van der Waals surface area contributed by atoms with Gasteiger partial charge in [-0.15, -0.1) is 0 Å². The number of carbonyl (C=O) groups is 1. The number of aliphatic imine (C=N–C) groups is 1. The highest BCUT2D eigenvalue weighted by molar-refractivity contribution is 5.96. The first kappa shape index (κ1) is 12.3. The fourth-order valence-corrected chi connectivity index (χ4v) is 2.06. The second-order valence-electron chi connectivity index (χ2n) is 4.49. The van der Waals surface area contributed by atoms with Crippen molar-refractivity contribution < 1.29 is 19.7 Å². The van der Waals surface area contributed by atoms with E-state index in [2.05, 4.69) is 4.99 Å². The molecule has 2 aliphatic heterocycles. The zero-order valence-corrected chi connectivity index (χ0v) is 9.61. The molecule has 1 fully saturated rings. The van der Waals surface area contributed by atoms with Crippen LogP contribution in [0.5, 0.6) is 0 Å². The van der Waals surface area contributed by atoms with Crippen LogP contribution in [0.4, 0.5) is 4.79 Å². The quantitative estimate of drug-likeness (QED) is 0.569. The predicted octanol–water partition coefficient (Wildman–Crippen LogP) is -1.12. The lowest BCUT2D eigenvalue weighted by Gasteiger charge is -2.32. The number of amides is 2. The molecule has 0 spiro atoms. The molecule has 2 amide bonds. The van der Waals surface area contributed by atoms with Gasteiger partial charge < -0.3 is 20.7 Å². The van der Waals surface area contributed by atoms with Crippen molar-refractivity contribution in [2.75, 3.05) is 13.2 Å². The van der Waals surface area contributed by atoms with Crippen LogP contribution in [0.25, 0.3) is 0 Å². The van der Waals surface area contributed by atoms with Gasteiger partial charge in [0.15, 0.2) is 0 Å². The molecule has 0 aromatic rings. The zero-order valence-electron chi connectivity index (χ0n) is 9.61. The van der Waals surface area contributed by atoms with Crippen LogP contribution in [0.1, 0.15) is 13.3 Å². The molecule has 0 radical (unpaired) electrons. The summed E-state index contributed by atoms with van der Waals surface area (Å²) in [5.41, 5.74) is 5.58. The molecule has 2 heterocycles. The molecule has 0 saturated carbocycles. The molecule has 0 bridgehead atoms. The van der Waals surface area contributed by atoms with Gasteiger partial charge >= 0.3 is 6.03 Å². The molecule has 4 N–H and O–H groups in total. The predicted molar refractivity (Wildman–Crippen MR) is 59.3 cm³/mol. The number of hydrogen-bond acceptors (Lipinski definition) is 5. The summed E-state index contributed by atoms with van der Waals surface area (Å²) in [5.74, 6) is 0.296. The number of hydrogen-bond donors (Lipinski definition) is 3. The number of amidine groups is 1. The van der Waals surface area contributed by atoms with Crippen LogP contribution in [-0.4, -0.2) is 58.6 Å². The minimum atomic E-state index is -0.753. The van der Waals surface area contributed by atoms with Crippen LogP contribution in [0.15, 0.2) is 4.99 Å². The van der Waals surface area contributed by atoms with Gasteiger partial charge in [0.2, 0.25) is 0 Å². The van der Waals surface area contributed by atoms with E-state index < -0.39 is 24.5 Å². The van der Waals surface area contributed by atoms with Crippen LogP contribution in [-0.2, 0) is 4.74 Å².